The number of nitrogens with one attached hydrogen (secondary N) is 1. The largest absolute Gasteiger partial charge is 0.497 e. The van der Waals surface area contributed by atoms with Crippen LogP contribution in [0.2, 0.25) is 0 Å². The number of likely N-dealkylation sites (tertiary alicyclic amines) is 1. The smallest absolute Gasteiger partial charge is 0.243 e. The minimum Gasteiger partial charge on any atom is -0.497 e. The Bertz CT molecular complexity index is 1640. The molecule has 0 spiro atoms. The number of piperidine rings is 1. The lowest BCUT2D eigenvalue weighted by molar-refractivity contribution is -0.135. The van der Waals surface area contributed by atoms with Gasteiger partial charge in [0.15, 0.2) is 0 Å². The van der Waals surface area contributed by atoms with E-state index in [-0.39, 0.29) is 18.5 Å². The van der Waals surface area contributed by atoms with Crippen LogP contribution in [0.5, 0.6) is 11.6 Å². The number of hydrogen-bond donors (Lipinski definition) is 1. The zero-order chi connectivity index (χ0) is 26.2. The van der Waals surface area contributed by atoms with Gasteiger partial charge in [-0.15, -0.1) is 0 Å². The van der Waals surface area contributed by atoms with Crippen LogP contribution in [0.25, 0.3) is 33.2 Å². The molecule has 1 saturated heterocycles. The van der Waals surface area contributed by atoms with Gasteiger partial charge in [-0.2, -0.15) is 0 Å². The highest BCUT2D eigenvalue weighted by Gasteiger charge is 2.31. The second-order valence-electron chi connectivity index (χ2n) is 9.62. The van der Waals surface area contributed by atoms with E-state index >= 15 is 0 Å². The van der Waals surface area contributed by atoms with Gasteiger partial charge in [0.1, 0.15) is 23.9 Å². The van der Waals surface area contributed by atoms with Crippen molar-refractivity contribution in [3.05, 3.63) is 66.4 Å². The van der Waals surface area contributed by atoms with Crippen molar-refractivity contribution >= 4 is 27.8 Å². The number of aromatic amines is 1. The van der Waals surface area contributed by atoms with Crippen LogP contribution in [0.3, 0.4) is 0 Å². The van der Waals surface area contributed by atoms with E-state index < -0.39 is 0 Å². The number of H-pyrrole nitrogens is 1. The molecule has 5 aromatic rings. The number of nitrogens with zero attached hydrogens (tertiary/aromatic N) is 5. The molecule has 2 aromatic carbocycles. The molecule has 1 N–H and O–H groups in total. The van der Waals surface area contributed by atoms with Gasteiger partial charge in [0.25, 0.3) is 0 Å². The molecule has 1 aliphatic rings. The first-order valence-electron chi connectivity index (χ1n) is 12.8. The molecule has 1 amide bonds. The van der Waals surface area contributed by atoms with E-state index in [4.69, 9.17) is 14.5 Å². The van der Waals surface area contributed by atoms with Crippen LogP contribution in [0.15, 0.2) is 54.7 Å². The van der Waals surface area contributed by atoms with Crippen LogP contribution in [0.1, 0.15) is 37.0 Å². The maximum absolute atomic E-state index is 13.7. The molecule has 9 heteroatoms. The first kappa shape index (κ1) is 24.0. The summed E-state index contributed by atoms with van der Waals surface area (Å²) >= 11 is 0. The lowest BCUT2D eigenvalue weighted by atomic mass is 10.0. The fraction of sp³-hybridized carbons (Fsp3) is 0.310. The first-order valence-corrected chi connectivity index (χ1v) is 12.8. The average molecular weight is 511 g/mol. The van der Waals surface area contributed by atoms with Gasteiger partial charge < -0.3 is 23.9 Å². The molecule has 4 heterocycles. The normalized spacial score (nSPS) is 15.8. The summed E-state index contributed by atoms with van der Waals surface area (Å²) in [5.74, 6) is 2.89. The number of amides is 1. The molecule has 1 unspecified atom stereocenters. The highest BCUT2D eigenvalue weighted by molar-refractivity contribution is 5.85. The Labute approximate surface area is 220 Å². The van der Waals surface area contributed by atoms with Crippen molar-refractivity contribution in [2.24, 2.45) is 0 Å². The van der Waals surface area contributed by atoms with Gasteiger partial charge in [-0.3, -0.25) is 4.79 Å². The Hall–Kier alpha value is -4.40. The first-order chi connectivity index (χ1) is 18.6. The summed E-state index contributed by atoms with van der Waals surface area (Å²) in [6.45, 7) is 2.83. The molecular formula is C29H30N6O3. The third-order valence-electron chi connectivity index (χ3n) is 7.35. The second-order valence-corrected chi connectivity index (χ2v) is 9.62. The summed E-state index contributed by atoms with van der Waals surface area (Å²) < 4.78 is 13.0. The molecule has 1 aliphatic heterocycles. The molecule has 0 saturated carbocycles. The third kappa shape index (κ3) is 4.23. The molecule has 0 bridgehead atoms. The number of ether oxygens (including phenoxy) is 2. The summed E-state index contributed by atoms with van der Waals surface area (Å²) in [5, 5.41) is 1.02. The summed E-state index contributed by atoms with van der Waals surface area (Å²) in [6, 6.07) is 15.6. The lowest BCUT2D eigenvalue weighted by Gasteiger charge is -2.34. The fourth-order valence-corrected chi connectivity index (χ4v) is 5.38. The quantitative estimate of drug-likeness (QED) is 0.343. The lowest BCUT2D eigenvalue weighted by Crippen LogP contribution is -2.40. The number of hydrogen-bond acceptors (Lipinski definition) is 6. The SMILES string of the molecule is COc1ccc2nc(C)n(CC(=O)N3CCCCC3c3ncc(-c4cc5ccccc5nc4OC)[nH]3)c2c1. The van der Waals surface area contributed by atoms with E-state index in [1.165, 1.54) is 0 Å². The number of benzene rings is 2. The van der Waals surface area contributed by atoms with Crippen molar-refractivity contribution in [3.8, 4) is 22.9 Å². The predicted molar refractivity (Wildman–Crippen MR) is 145 cm³/mol. The number of fused-ring (bicyclic) bond motifs is 2. The fourth-order valence-electron chi connectivity index (χ4n) is 5.38. The summed E-state index contributed by atoms with van der Waals surface area (Å²) in [6.07, 6.45) is 4.66. The van der Waals surface area contributed by atoms with Crippen molar-refractivity contribution in [1.82, 2.24) is 29.4 Å². The van der Waals surface area contributed by atoms with Gasteiger partial charge in [-0.1, -0.05) is 18.2 Å². The molecule has 6 rings (SSSR count). The molecular weight excluding hydrogens is 480 g/mol. The maximum atomic E-state index is 13.7. The van der Waals surface area contributed by atoms with Crippen LogP contribution in [-0.4, -0.2) is 56.1 Å². The number of carbonyl (C=O) groups excluding carboxylic acids is 1. The molecule has 1 atom stereocenters. The monoisotopic (exact) mass is 510 g/mol. The van der Waals surface area contributed by atoms with Crippen LogP contribution in [0, 0.1) is 6.92 Å². The molecule has 0 radical (unpaired) electrons. The van der Waals surface area contributed by atoms with E-state index in [1.807, 2.05) is 58.9 Å². The van der Waals surface area contributed by atoms with Gasteiger partial charge in [-0.25, -0.2) is 15.0 Å². The summed E-state index contributed by atoms with van der Waals surface area (Å²) in [7, 11) is 3.26. The number of imidazole rings is 2. The third-order valence-corrected chi connectivity index (χ3v) is 7.35. The Morgan fingerprint density at radius 3 is 2.76 bits per heavy atom. The number of aromatic nitrogens is 5. The van der Waals surface area contributed by atoms with Crippen molar-refractivity contribution in [3.63, 3.8) is 0 Å². The minimum atomic E-state index is -0.131. The predicted octanol–water partition coefficient (Wildman–Crippen LogP) is 5.05. The maximum Gasteiger partial charge on any atom is 0.243 e. The van der Waals surface area contributed by atoms with Gasteiger partial charge in [0, 0.05) is 18.0 Å². The van der Waals surface area contributed by atoms with Crippen LogP contribution < -0.4 is 9.47 Å². The number of pyridine rings is 1. The van der Waals surface area contributed by atoms with Gasteiger partial charge in [0.2, 0.25) is 11.8 Å². The molecule has 1 fully saturated rings. The minimum absolute atomic E-state index is 0.0443. The van der Waals surface area contributed by atoms with E-state index in [0.717, 1.165) is 69.9 Å². The molecule has 194 valence electrons. The number of rotatable bonds is 6. The molecule has 0 aliphatic carbocycles. The van der Waals surface area contributed by atoms with Gasteiger partial charge in [-0.05, 0) is 50.5 Å². The van der Waals surface area contributed by atoms with Crippen molar-refractivity contribution < 1.29 is 14.3 Å². The highest BCUT2D eigenvalue weighted by atomic mass is 16.5. The van der Waals surface area contributed by atoms with E-state index in [9.17, 15) is 4.79 Å². The van der Waals surface area contributed by atoms with Gasteiger partial charge >= 0.3 is 0 Å². The van der Waals surface area contributed by atoms with Crippen LogP contribution in [0.4, 0.5) is 0 Å². The number of carbonyl (C=O) groups is 1. The standard InChI is InChI=1S/C29H30N6O3/c1-18-31-23-12-11-20(37-2)15-26(23)35(18)17-27(36)34-13-7-6-10-25(34)28-30-16-24(32-28)21-14-19-8-4-5-9-22(19)33-29(21)38-3/h4-5,8-9,11-12,14-16,25H,6-7,10,13,17H2,1-3H3,(H,30,32). The number of methoxy groups -OCH3 is 2. The van der Waals surface area contributed by atoms with Crippen molar-refractivity contribution in [2.75, 3.05) is 20.8 Å². The van der Waals surface area contributed by atoms with Crippen LogP contribution in [-0.2, 0) is 11.3 Å². The Morgan fingerprint density at radius 1 is 1.05 bits per heavy atom. The average Bonchev–Trinajstić information content (AvgIpc) is 3.56. The van der Waals surface area contributed by atoms with Crippen LogP contribution >= 0.6 is 0 Å². The van der Waals surface area contributed by atoms with E-state index in [2.05, 4.69) is 21.0 Å². The Morgan fingerprint density at radius 2 is 1.92 bits per heavy atom. The second kappa shape index (κ2) is 9.81. The summed E-state index contributed by atoms with van der Waals surface area (Å²) in [5.41, 5.74) is 4.27. The van der Waals surface area contributed by atoms with Crippen molar-refractivity contribution in [1.29, 1.82) is 0 Å². The number of aryl methyl sites for hydroxylation is 1. The zero-order valence-corrected chi connectivity index (χ0v) is 21.8. The Balaban J connectivity index is 1.30. The number of para-hydroxylation sites is 1. The van der Waals surface area contributed by atoms with Gasteiger partial charge in [0.05, 0.1) is 54.3 Å². The van der Waals surface area contributed by atoms with E-state index in [0.29, 0.717) is 12.4 Å². The molecule has 38 heavy (non-hydrogen) atoms. The summed E-state index contributed by atoms with van der Waals surface area (Å²) in [4.78, 5) is 33.2. The molecule has 9 nitrogen and oxygen atoms in total. The Kier molecular flexibility index (Phi) is 6.19. The zero-order valence-electron chi connectivity index (χ0n) is 21.8. The highest BCUT2D eigenvalue weighted by Crippen LogP contribution is 2.34. The van der Waals surface area contributed by atoms with E-state index in [1.54, 1.807) is 20.4 Å². The molecule has 3 aromatic heterocycles. The van der Waals surface area contributed by atoms with Crippen molar-refractivity contribution in [2.45, 2.75) is 38.8 Å². The topological polar surface area (TPSA) is 98.2 Å².